The molecule has 5 N–H and O–H groups in total. The molecule has 7 rings (SSSR count). The van der Waals surface area contributed by atoms with Crippen molar-refractivity contribution in [2.45, 2.75) is 75.3 Å². The Hall–Kier alpha value is -3.63. The van der Waals surface area contributed by atoms with Crippen molar-refractivity contribution in [3.8, 4) is 0 Å². The first kappa shape index (κ1) is 30.0. The lowest BCUT2D eigenvalue weighted by molar-refractivity contribution is -0.136. The van der Waals surface area contributed by atoms with Gasteiger partial charge in [-0.2, -0.15) is 0 Å². The molecule has 2 aliphatic carbocycles. The number of nitrogens with zero attached hydrogens (tertiary/aromatic N) is 1. The summed E-state index contributed by atoms with van der Waals surface area (Å²) in [7, 11) is 1.60. The Labute approximate surface area is 267 Å². The summed E-state index contributed by atoms with van der Waals surface area (Å²) in [5, 5.41) is 12.7. The number of aromatic amines is 1. The number of urea groups is 1. The van der Waals surface area contributed by atoms with Crippen molar-refractivity contribution in [1.82, 2.24) is 31.2 Å². The summed E-state index contributed by atoms with van der Waals surface area (Å²) in [6.07, 6.45) is 6.01. The molecule has 0 unspecified atom stereocenters. The third kappa shape index (κ3) is 5.16. The van der Waals surface area contributed by atoms with Gasteiger partial charge >= 0.3 is 6.03 Å². The van der Waals surface area contributed by atoms with E-state index in [-0.39, 0.29) is 34.6 Å². The van der Waals surface area contributed by atoms with E-state index < -0.39 is 17.5 Å². The van der Waals surface area contributed by atoms with E-state index in [1.165, 1.54) is 0 Å². The van der Waals surface area contributed by atoms with Crippen molar-refractivity contribution in [2.24, 2.45) is 10.8 Å². The average molecular weight is 633 g/mol. The van der Waals surface area contributed by atoms with Gasteiger partial charge < -0.3 is 31.0 Å². The maximum atomic E-state index is 14.2. The van der Waals surface area contributed by atoms with Crippen LogP contribution in [0.2, 0.25) is 5.02 Å². The molecular weight excluding hydrogens is 592 g/mol. The summed E-state index contributed by atoms with van der Waals surface area (Å²) in [5.41, 5.74) is 2.27. The fraction of sp³-hybridized carbons (Fsp3) is 0.529. The number of halogens is 1. The lowest BCUT2D eigenvalue weighted by Crippen LogP contribution is -2.57. The summed E-state index contributed by atoms with van der Waals surface area (Å²) >= 11 is 6.75. The molecule has 1 spiro atoms. The molecule has 2 aromatic carbocycles. The van der Waals surface area contributed by atoms with Crippen LogP contribution in [-0.4, -0.2) is 60.7 Å². The molecule has 2 aliphatic heterocycles. The molecule has 4 aliphatic rings. The molecule has 3 atom stereocenters. The first-order chi connectivity index (χ1) is 21.7. The Balaban J connectivity index is 1.26. The minimum atomic E-state index is -0.840. The third-order valence-corrected chi connectivity index (χ3v) is 11.5. The summed E-state index contributed by atoms with van der Waals surface area (Å²) in [5.74, 6) is 0.292. The monoisotopic (exact) mass is 632 g/mol. The number of carbonyl (C=O) groups is 3. The number of aromatic nitrogens is 2. The van der Waals surface area contributed by atoms with E-state index in [1.54, 1.807) is 7.05 Å². The van der Waals surface area contributed by atoms with Gasteiger partial charge in [-0.15, -0.1) is 0 Å². The van der Waals surface area contributed by atoms with Crippen LogP contribution in [0.3, 0.4) is 0 Å². The predicted octanol–water partition coefficient (Wildman–Crippen LogP) is 4.60. The van der Waals surface area contributed by atoms with Crippen molar-refractivity contribution in [3.05, 3.63) is 64.4 Å². The van der Waals surface area contributed by atoms with Gasteiger partial charge in [0.2, 0.25) is 11.8 Å². The van der Waals surface area contributed by atoms with Gasteiger partial charge in [0.1, 0.15) is 11.9 Å². The lowest BCUT2D eigenvalue weighted by atomic mass is 9.65. The zero-order chi connectivity index (χ0) is 31.4. The molecule has 4 fully saturated rings. The Morgan fingerprint density at radius 2 is 1.82 bits per heavy atom. The molecule has 3 heterocycles. The predicted molar refractivity (Wildman–Crippen MR) is 171 cm³/mol. The molecule has 45 heavy (non-hydrogen) atoms. The Morgan fingerprint density at radius 1 is 1.07 bits per heavy atom. The van der Waals surface area contributed by atoms with Crippen molar-refractivity contribution in [2.75, 3.05) is 26.8 Å². The van der Waals surface area contributed by atoms with Crippen LogP contribution in [0.1, 0.15) is 80.8 Å². The van der Waals surface area contributed by atoms with E-state index in [1.807, 2.05) is 42.5 Å². The van der Waals surface area contributed by atoms with Crippen molar-refractivity contribution in [1.29, 1.82) is 0 Å². The SMILES string of the molecule is CNC(=O)N[C@H](c1nc2ccc(C3(C(=O)N[C@H]4C(=O)NCC45CCC5)CCOCC3)cc2[nH]1)[C@H](c1ccccc1Cl)C1(C)CC1. The molecule has 0 radical (unpaired) electrons. The molecule has 11 heteroatoms. The van der Waals surface area contributed by atoms with Crippen LogP contribution in [-0.2, 0) is 19.7 Å². The van der Waals surface area contributed by atoms with Gasteiger partial charge in [-0.25, -0.2) is 9.78 Å². The third-order valence-electron chi connectivity index (χ3n) is 11.1. The summed E-state index contributed by atoms with van der Waals surface area (Å²) in [6.45, 7) is 3.76. The van der Waals surface area contributed by atoms with Gasteiger partial charge in [0, 0.05) is 43.2 Å². The minimum Gasteiger partial charge on any atom is -0.381 e. The number of H-pyrrole nitrogens is 1. The molecule has 10 nitrogen and oxygen atoms in total. The van der Waals surface area contributed by atoms with Crippen LogP contribution >= 0.6 is 11.6 Å². The van der Waals surface area contributed by atoms with E-state index in [0.29, 0.717) is 43.4 Å². The highest BCUT2D eigenvalue weighted by molar-refractivity contribution is 6.31. The summed E-state index contributed by atoms with van der Waals surface area (Å²) in [4.78, 5) is 48.4. The van der Waals surface area contributed by atoms with Gasteiger partial charge in [0.25, 0.3) is 0 Å². The van der Waals surface area contributed by atoms with E-state index >= 15 is 0 Å². The topological polar surface area (TPSA) is 137 Å². The Kier molecular flexibility index (Phi) is 7.55. The molecule has 238 valence electrons. The maximum Gasteiger partial charge on any atom is 0.315 e. The standard InChI is InChI=1S/C34H41ClN6O4/c1-32(12-13-32)25(21-6-3-4-7-22(21)35)26(40-31(44)36-2)28-38-23-9-8-20(18-24(23)39-28)34(14-16-45-17-15-34)30(43)41-27-29(42)37-19-33(27)10-5-11-33/h3-4,6-9,18,25-27H,5,10-17,19H2,1-2H3,(H,37,42)(H,38,39)(H,41,43)(H2,36,40,44)/t25-,26-,27-/m0/s1. The number of nitrogens with one attached hydrogen (secondary N) is 5. The summed E-state index contributed by atoms with van der Waals surface area (Å²) in [6, 6.07) is 12.4. The largest absolute Gasteiger partial charge is 0.381 e. The lowest BCUT2D eigenvalue weighted by Gasteiger charge is -2.43. The Bertz CT molecular complexity index is 1640. The number of benzene rings is 2. The van der Waals surface area contributed by atoms with E-state index in [0.717, 1.165) is 54.3 Å². The van der Waals surface area contributed by atoms with E-state index in [4.69, 9.17) is 21.3 Å². The van der Waals surface area contributed by atoms with Gasteiger partial charge in [-0.3, -0.25) is 9.59 Å². The van der Waals surface area contributed by atoms with E-state index in [9.17, 15) is 14.4 Å². The second-order valence-corrected chi connectivity index (χ2v) is 14.2. The number of amides is 4. The second kappa shape index (κ2) is 11.3. The van der Waals surface area contributed by atoms with Crippen LogP contribution in [0.5, 0.6) is 0 Å². The van der Waals surface area contributed by atoms with Crippen LogP contribution < -0.4 is 21.3 Å². The molecular formula is C34H41ClN6O4. The number of hydrogen-bond donors (Lipinski definition) is 5. The van der Waals surface area contributed by atoms with Crippen LogP contribution in [0.4, 0.5) is 4.79 Å². The number of imidazole rings is 1. The van der Waals surface area contributed by atoms with Gasteiger partial charge in [-0.1, -0.05) is 49.2 Å². The molecule has 4 amide bonds. The summed E-state index contributed by atoms with van der Waals surface area (Å²) < 4.78 is 5.71. The average Bonchev–Trinajstić information content (AvgIpc) is 3.47. The maximum absolute atomic E-state index is 14.2. The van der Waals surface area contributed by atoms with E-state index in [2.05, 4.69) is 33.2 Å². The molecule has 2 saturated heterocycles. The zero-order valence-electron chi connectivity index (χ0n) is 25.8. The fourth-order valence-electron chi connectivity index (χ4n) is 7.89. The Morgan fingerprint density at radius 3 is 2.49 bits per heavy atom. The number of rotatable bonds is 8. The minimum absolute atomic E-state index is 0.0601. The number of fused-ring (bicyclic) bond motifs is 1. The number of ether oxygens (including phenoxy) is 1. The quantitative estimate of drug-likeness (QED) is 0.247. The van der Waals surface area contributed by atoms with Crippen LogP contribution in [0.25, 0.3) is 11.0 Å². The number of hydrogen-bond acceptors (Lipinski definition) is 5. The highest BCUT2D eigenvalue weighted by Gasteiger charge is 2.55. The first-order valence-corrected chi connectivity index (χ1v) is 16.5. The molecule has 2 saturated carbocycles. The van der Waals surface area contributed by atoms with Gasteiger partial charge in [0.15, 0.2) is 0 Å². The number of carbonyl (C=O) groups excluding carboxylic acids is 3. The molecule has 0 bridgehead atoms. The van der Waals surface area contributed by atoms with Crippen LogP contribution in [0.15, 0.2) is 42.5 Å². The zero-order valence-corrected chi connectivity index (χ0v) is 26.6. The van der Waals surface area contributed by atoms with Gasteiger partial charge in [-0.05, 0) is 73.3 Å². The smallest absolute Gasteiger partial charge is 0.315 e. The normalized spacial score (nSPS) is 23.9. The first-order valence-electron chi connectivity index (χ1n) is 16.1. The highest BCUT2D eigenvalue weighted by Crippen LogP contribution is 2.60. The van der Waals surface area contributed by atoms with Crippen molar-refractivity contribution in [3.63, 3.8) is 0 Å². The molecule has 3 aromatic rings. The molecule has 1 aromatic heterocycles. The van der Waals surface area contributed by atoms with Gasteiger partial charge in [0.05, 0.1) is 22.5 Å². The second-order valence-electron chi connectivity index (χ2n) is 13.7. The van der Waals surface area contributed by atoms with Crippen LogP contribution in [0, 0.1) is 10.8 Å². The van der Waals surface area contributed by atoms with Crippen molar-refractivity contribution < 1.29 is 19.1 Å². The highest BCUT2D eigenvalue weighted by atomic mass is 35.5. The fourth-order valence-corrected chi connectivity index (χ4v) is 8.14. The van der Waals surface area contributed by atoms with Crippen molar-refractivity contribution >= 4 is 40.5 Å².